The molecule has 0 amide bonds. The summed E-state index contributed by atoms with van der Waals surface area (Å²) in [7, 11) is 0. The Morgan fingerprint density at radius 1 is 1.37 bits per heavy atom. The third kappa shape index (κ3) is 3.51. The number of benzene rings is 1. The number of rotatable bonds is 4. The lowest BCUT2D eigenvalue weighted by Crippen LogP contribution is -2.19. The van der Waals surface area contributed by atoms with Crippen LogP contribution in [-0.2, 0) is 11.3 Å². The van der Waals surface area contributed by atoms with Gasteiger partial charge in [-0.1, -0.05) is 11.6 Å². The predicted octanol–water partition coefficient (Wildman–Crippen LogP) is 2.85. The molecule has 4 nitrogen and oxygen atoms in total. The van der Waals surface area contributed by atoms with Gasteiger partial charge in [-0.3, -0.25) is 0 Å². The van der Waals surface area contributed by atoms with Gasteiger partial charge in [-0.2, -0.15) is 13.2 Å². The summed E-state index contributed by atoms with van der Waals surface area (Å²) in [6, 6.07) is 5.02. The quantitative estimate of drug-likeness (QED) is 0.882. The van der Waals surface area contributed by atoms with Crippen molar-refractivity contribution in [2.24, 2.45) is 0 Å². The van der Waals surface area contributed by atoms with E-state index < -0.39 is 12.8 Å². The van der Waals surface area contributed by atoms with Crippen LogP contribution in [0.5, 0.6) is 0 Å². The van der Waals surface area contributed by atoms with Gasteiger partial charge in [0.05, 0.1) is 17.6 Å². The first-order chi connectivity index (χ1) is 8.87. The van der Waals surface area contributed by atoms with Crippen molar-refractivity contribution in [2.45, 2.75) is 12.7 Å². The highest BCUT2D eigenvalue weighted by Gasteiger charge is 2.27. The van der Waals surface area contributed by atoms with E-state index in [1.54, 1.807) is 22.8 Å². The molecule has 19 heavy (non-hydrogen) atoms. The van der Waals surface area contributed by atoms with Crippen LogP contribution in [0.1, 0.15) is 0 Å². The first-order valence-corrected chi connectivity index (χ1v) is 5.80. The molecule has 0 saturated heterocycles. The molecule has 0 spiro atoms. The molecule has 1 heterocycles. The van der Waals surface area contributed by atoms with Crippen molar-refractivity contribution in [3.63, 3.8) is 0 Å². The number of nitrogen functional groups attached to an aromatic ring is 1. The minimum Gasteiger partial charge on any atom is -0.370 e. The van der Waals surface area contributed by atoms with Crippen LogP contribution >= 0.6 is 11.6 Å². The predicted molar refractivity (Wildman–Crippen MR) is 66.0 cm³/mol. The Morgan fingerprint density at radius 3 is 2.79 bits per heavy atom. The summed E-state index contributed by atoms with van der Waals surface area (Å²) in [5, 5.41) is 0.519. The summed E-state index contributed by atoms with van der Waals surface area (Å²) in [6.07, 6.45) is -4.32. The fourth-order valence-electron chi connectivity index (χ4n) is 1.70. The second kappa shape index (κ2) is 5.26. The van der Waals surface area contributed by atoms with Crippen LogP contribution in [0.2, 0.25) is 5.02 Å². The van der Waals surface area contributed by atoms with E-state index in [4.69, 9.17) is 17.3 Å². The highest BCUT2D eigenvalue weighted by Crippen LogP contribution is 2.21. The molecule has 0 aliphatic carbocycles. The highest BCUT2D eigenvalue weighted by atomic mass is 35.5. The smallest absolute Gasteiger partial charge is 0.370 e. The van der Waals surface area contributed by atoms with E-state index in [2.05, 4.69) is 9.72 Å². The zero-order valence-electron chi connectivity index (χ0n) is 9.75. The van der Waals surface area contributed by atoms with E-state index in [0.29, 0.717) is 16.1 Å². The largest absolute Gasteiger partial charge is 0.411 e. The number of anilines is 1. The number of alkyl halides is 3. The zero-order chi connectivity index (χ0) is 14.0. The van der Waals surface area contributed by atoms with Crippen LogP contribution in [0.15, 0.2) is 18.2 Å². The maximum Gasteiger partial charge on any atom is 0.411 e. The molecule has 0 fully saturated rings. The first kappa shape index (κ1) is 14.0. The van der Waals surface area contributed by atoms with E-state index in [-0.39, 0.29) is 19.1 Å². The normalized spacial score (nSPS) is 12.2. The Morgan fingerprint density at radius 2 is 2.11 bits per heavy atom. The van der Waals surface area contributed by atoms with Crippen LogP contribution < -0.4 is 5.73 Å². The Hall–Kier alpha value is -1.47. The minimum atomic E-state index is -4.32. The van der Waals surface area contributed by atoms with Gasteiger partial charge in [0.25, 0.3) is 0 Å². The van der Waals surface area contributed by atoms with Gasteiger partial charge in [-0.15, -0.1) is 0 Å². The highest BCUT2D eigenvalue weighted by molar-refractivity contribution is 6.31. The molecule has 1 aromatic heterocycles. The SMILES string of the molecule is Nc1nc2cc(Cl)ccc2n1CCOCC(F)(F)F. The number of imidazole rings is 1. The van der Waals surface area contributed by atoms with Gasteiger partial charge in [0.15, 0.2) is 0 Å². The van der Waals surface area contributed by atoms with E-state index in [1.807, 2.05) is 0 Å². The molecular weight excluding hydrogens is 283 g/mol. The van der Waals surface area contributed by atoms with Crippen LogP contribution in [-0.4, -0.2) is 28.9 Å². The van der Waals surface area contributed by atoms with Gasteiger partial charge in [-0.25, -0.2) is 4.98 Å². The molecular formula is C11H11ClF3N3O. The van der Waals surface area contributed by atoms with Gasteiger partial charge >= 0.3 is 6.18 Å². The van der Waals surface area contributed by atoms with Crippen molar-refractivity contribution < 1.29 is 17.9 Å². The maximum atomic E-state index is 11.9. The van der Waals surface area contributed by atoms with Crippen molar-refractivity contribution in [3.05, 3.63) is 23.2 Å². The summed E-state index contributed by atoms with van der Waals surface area (Å²) in [6.45, 7) is -1.18. The van der Waals surface area contributed by atoms with Gasteiger partial charge in [0, 0.05) is 11.6 Å². The molecule has 2 aromatic rings. The molecule has 104 valence electrons. The fraction of sp³-hybridized carbons (Fsp3) is 0.364. The van der Waals surface area contributed by atoms with Crippen molar-refractivity contribution >= 4 is 28.6 Å². The maximum absolute atomic E-state index is 11.9. The van der Waals surface area contributed by atoms with Gasteiger partial charge < -0.3 is 15.0 Å². The standard InChI is InChI=1S/C11H11ClF3N3O/c12-7-1-2-9-8(5-7)17-10(16)18(9)3-4-19-6-11(13,14)15/h1-2,5H,3-4,6H2,(H2,16,17). The molecule has 0 bridgehead atoms. The second-order valence-corrected chi connectivity index (χ2v) is 4.36. The molecule has 0 radical (unpaired) electrons. The molecule has 0 atom stereocenters. The van der Waals surface area contributed by atoms with Crippen LogP contribution in [0.4, 0.5) is 19.1 Å². The molecule has 2 rings (SSSR count). The fourth-order valence-corrected chi connectivity index (χ4v) is 1.87. The summed E-state index contributed by atoms with van der Waals surface area (Å²) in [4.78, 5) is 4.08. The summed E-state index contributed by atoms with van der Waals surface area (Å²) in [5.41, 5.74) is 7.01. The summed E-state index contributed by atoms with van der Waals surface area (Å²) >= 11 is 5.82. The van der Waals surface area contributed by atoms with Gasteiger partial charge in [0.1, 0.15) is 6.61 Å². The van der Waals surface area contributed by atoms with Crippen LogP contribution in [0.3, 0.4) is 0 Å². The lowest BCUT2D eigenvalue weighted by molar-refractivity contribution is -0.174. The third-order valence-electron chi connectivity index (χ3n) is 2.46. The molecule has 0 aliphatic rings. The monoisotopic (exact) mass is 293 g/mol. The van der Waals surface area contributed by atoms with Gasteiger partial charge in [0.2, 0.25) is 5.95 Å². The molecule has 1 aromatic carbocycles. The number of hydrogen-bond donors (Lipinski definition) is 1. The molecule has 2 N–H and O–H groups in total. The Bertz CT molecular complexity index is 582. The van der Waals surface area contributed by atoms with Crippen molar-refractivity contribution in [1.29, 1.82) is 0 Å². The number of aromatic nitrogens is 2. The van der Waals surface area contributed by atoms with Crippen molar-refractivity contribution in [3.8, 4) is 0 Å². The van der Waals surface area contributed by atoms with E-state index >= 15 is 0 Å². The zero-order valence-corrected chi connectivity index (χ0v) is 10.5. The van der Waals surface area contributed by atoms with E-state index in [1.165, 1.54) is 0 Å². The number of halogens is 4. The number of nitrogens with zero attached hydrogens (tertiary/aromatic N) is 2. The summed E-state index contributed by atoms with van der Waals surface area (Å²) in [5.74, 6) is 0.216. The number of ether oxygens (including phenoxy) is 1. The third-order valence-corrected chi connectivity index (χ3v) is 2.70. The number of hydrogen-bond acceptors (Lipinski definition) is 3. The average Bonchev–Trinajstić information content (AvgIpc) is 2.58. The Balaban J connectivity index is 2.06. The first-order valence-electron chi connectivity index (χ1n) is 5.42. The van der Waals surface area contributed by atoms with Crippen molar-refractivity contribution in [1.82, 2.24) is 9.55 Å². The summed E-state index contributed by atoms with van der Waals surface area (Å²) < 4.78 is 41.9. The van der Waals surface area contributed by atoms with Crippen LogP contribution in [0.25, 0.3) is 11.0 Å². The lowest BCUT2D eigenvalue weighted by Gasteiger charge is -2.09. The average molecular weight is 294 g/mol. The Kier molecular flexibility index (Phi) is 3.86. The molecule has 8 heteroatoms. The number of fused-ring (bicyclic) bond motifs is 1. The lowest BCUT2D eigenvalue weighted by atomic mass is 10.3. The second-order valence-electron chi connectivity index (χ2n) is 3.92. The topological polar surface area (TPSA) is 53.1 Å². The molecule has 0 saturated carbocycles. The van der Waals surface area contributed by atoms with Crippen LogP contribution in [0, 0.1) is 0 Å². The molecule has 0 aliphatic heterocycles. The minimum absolute atomic E-state index is 0.0994. The van der Waals surface area contributed by atoms with E-state index in [0.717, 1.165) is 0 Å². The molecule has 0 unspecified atom stereocenters. The Labute approximate surface area is 111 Å². The number of nitrogens with two attached hydrogens (primary N) is 1. The van der Waals surface area contributed by atoms with Gasteiger partial charge in [-0.05, 0) is 18.2 Å². The van der Waals surface area contributed by atoms with E-state index in [9.17, 15) is 13.2 Å². The van der Waals surface area contributed by atoms with Crippen molar-refractivity contribution in [2.75, 3.05) is 18.9 Å².